The van der Waals surface area contributed by atoms with E-state index >= 15 is 0 Å². The van der Waals surface area contributed by atoms with Crippen LogP contribution in [0.25, 0.3) is 0 Å². The van der Waals surface area contributed by atoms with Gasteiger partial charge in [0.25, 0.3) is 5.91 Å². The van der Waals surface area contributed by atoms with E-state index in [9.17, 15) is 22.4 Å². The molecule has 1 aliphatic rings. The molecule has 0 saturated carbocycles. The van der Waals surface area contributed by atoms with Crippen molar-refractivity contribution in [2.24, 2.45) is 0 Å². The molecule has 0 bridgehead atoms. The van der Waals surface area contributed by atoms with Gasteiger partial charge >= 0.3 is 10.2 Å². The van der Waals surface area contributed by atoms with Crippen LogP contribution in [-0.4, -0.2) is 56.3 Å². The number of rotatable bonds is 9. The summed E-state index contributed by atoms with van der Waals surface area (Å²) in [6.07, 6.45) is 3.46. The summed E-state index contributed by atoms with van der Waals surface area (Å²) in [6, 6.07) is 9.37. The third-order valence-electron chi connectivity index (χ3n) is 6.20. The van der Waals surface area contributed by atoms with Crippen LogP contribution < -0.4 is 14.8 Å². The summed E-state index contributed by atoms with van der Waals surface area (Å²) in [5, 5.41) is 2.91. The lowest BCUT2D eigenvalue weighted by atomic mass is 9.74. The zero-order valence-electron chi connectivity index (χ0n) is 19.9. The van der Waals surface area contributed by atoms with E-state index in [-0.39, 0.29) is 37.5 Å². The van der Waals surface area contributed by atoms with E-state index in [0.717, 1.165) is 0 Å². The number of carbonyl (C=O) groups is 2. The van der Waals surface area contributed by atoms with Gasteiger partial charge in [0, 0.05) is 37.7 Å². The molecule has 1 aromatic heterocycles. The number of hydrogen-bond donors (Lipinski definition) is 2. The molecule has 35 heavy (non-hydrogen) atoms. The van der Waals surface area contributed by atoms with E-state index in [1.165, 1.54) is 29.7 Å². The Balaban J connectivity index is 1.84. The van der Waals surface area contributed by atoms with Crippen molar-refractivity contribution in [1.29, 1.82) is 0 Å². The third-order valence-corrected chi connectivity index (χ3v) is 7.73. The molecule has 0 radical (unpaired) electrons. The molecule has 2 aromatic rings. The first kappa shape index (κ1) is 26.6. The number of amides is 2. The lowest BCUT2D eigenvalue weighted by molar-refractivity contribution is -0.119. The molecule has 0 spiro atoms. The molecule has 2 heterocycles. The van der Waals surface area contributed by atoms with E-state index in [4.69, 9.17) is 4.74 Å². The van der Waals surface area contributed by atoms with Gasteiger partial charge in [0.15, 0.2) is 0 Å². The van der Waals surface area contributed by atoms with Gasteiger partial charge in [-0.3, -0.25) is 9.59 Å². The quantitative estimate of drug-likeness (QED) is 0.540. The highest BCUT2D eigenvalue weighted by Gasteiger charge is 2.38. The van der Waals surface area contributed by atoms with Crippen LogP contribution in [0.5, 0.6) is 5.88 Å². The number of aromatic nitrogens is 1. The molecule has 1 aliphatic heterocycles. The number of hydrogen-bond acceptors (Lipinski definition) is 6. The average molecular weight is 507 g/mol. The number of benzene rings is 1. The number of nitrogens with one attached hydrogen (secondary N) is 2. The van der Waals surface area contributed by atoms with Crippen LogP contribution in [0.4, 0.5) is 4.39 Å². The maximum Gasteiger partial charge on any atom is 0.303 e. The van der Waals surface area contributed by atoms with Crippen molar-refractivity contribution in [2.45, 2.75) is 44.4 Å². The van der Waals surface area contributed by atoms with Crippen molar-refractivity contribution in [3.8, 4) is 5.88 Å². The molecule has 0 aliphatic carbocycles. The first-order valence-electron chi connectivity index (χ1n) is 11.5. The Labute approximate surface area is 205 Å². The zero-order chi connectivity index (χ0) is 25.5. The molecule has 2 N–H and O–H groups in total. The van der Waals surface area contributed by atoms with E-state index < -0.39 is 33.3 Å². The van der Waals surface area contributed by atoms with Gasteiger partial charge in [-0.1, -0.05) is 19.1 Å². The number of pyridine rings is 1. The van der Waals surface area contributed by atoms with Gasteiger partial charge in [-0.2, -0.15) is 12.7 Å². The summed E-state index contributed by atoms with van der Waals surface area (Å²) in [4.78, 5) is 28.9. The lowest BCUT2D eigenvalue weighted by Gasteiger charge is -2.34. The van der Waals surface area contributed by atoms with Gasteiger partial charge in [0.05, 0.1) is 7.11 Å². The molecule has 1 atom stereocenters. The van der Waals surface area contributed by atoms with E-state index in [0.29, 0.717) is 31.2 Å². The predicted octanol–water partition coefficient (Wildman–Crippen LogP) is 2.54. The van der Waals surface area contributed by atoms with Gasteiger partial charge < -0.3 is 10.1 Å². The van der Waals surface area contributed by atoms with Gasteiger partial charge in [0.2, 0.25) is 11.8 Å². The van der Waals surface area contributed by atoms with Crippen LogP contribution in [0.15, 0.2) is 42.6 Å². The largest absolute Gasteiger partial charge is 0.480 e. The number of halogens is 1. The average Bonchev–Trinajstić information content (AvgIpc) is 3.06. The fraction of sp³-hybridized carbons (Fsp3) is 0.458. The Morgan fingerprint density at radius 1 is 1.20 bits per heavy atom. The summed E-state index contributed by atoms with van der Waals surface area (Å²) >= 11 is 0. The van der Waals surface area contributed by atoms with Gasteiger partial charge in [-0.25, -0.2) is 14.1 Å². The van der Waals surface area contributed by atoms with Gasteiger partial charge in [-0.15, -0.1) is 0 Å². The molecule has 2 amide bonds. The first-order valence-corrected chi connectivity index (χ1v) is 13.0. The lowest BCUT2D eigenvalue weighted by Crippen LogP contribution is -2.45. The zero-order valence-corrected chi connectivity index (χ0v) is 20.7. The molecule has 190 valence electrons. The minimum absolute atomic E-state index is 0.108. The fourth-order valence-corrected chi connectivity index (χ4v) is 5.57. The summed E-state index contributed by atoms with van der Waals surface area (Å²) in [6.45, 7) is 2.26. The topological polar surface area (TPSA) is 118 Å². The number of methoxy groups -OCH3 is 1. The van der Waals surface area contributed by atoms with Crippen LogP contribution in [-0.2, 0) is 20.4 Å². The Hall–Kier alpha value is -3.05. The second kappa shape index (κ2) is 11.6. The second-order valence-electron chi connectivity index (χ2n) is 8.57. The monoisotopic (exact) mass is 506 g/mol. The summed E-state index contributed by atoms with van der Waals surface area (Å²) in [7, 11) is -2.58. The van der Waals surface area contributed by atoms with Crippen LogP contribution in [0.3, 0.4) is 0 Å². The molecule has 1 unspecified atom stereocenters. The summed E-state index contributed by atoms with van der Waals surface area (Å²) < 4.78 is 48.3. The maximum atomic E-state index is 14.2. The van der Waals surface area contributed by atoms with Crippen LogP contribution >= 0.6 is 0 Å². The first-order chi connectivity index (χ1) is 16.7. The van der Waals surface area contributed by atoms with Crippen molar-refractivity contribution in [1.82, 2.24) is 19.3 Å². The van der Waals surface area contributed by atoms with E-state index in [1.807, 2.05) is 0 Å². The predicted molar refractivity (Wildman–Crippen MR) is 129 cm³/mol. The standard InChI is InChI=1S/C24H31FN4O5S/c1-3-7-21(30)28-35(32,33)29-14-6-11-24(12-15-29,18-8-4-9-19(25)16-18)17-27-22(31)20-10-5-13-26-23(20)34-2/h4-5,8-10,13,16H,3,6-7,11-12,14-15,17H2,1-2H3,(H,27,31)(H,28,30). The highest BCUT2D eigenvalue weighted by molar-refractivity contribution is 7.87. The normalized spacial score (nSPS) is 18.9. The Morgan fingerprint density at radius 3 is 2.71 bits per heavy atom. The minimum Gasteiger partial charge on any atom is -0.480 e. The maximum absolute atomic E-state index is 14.2. The van der Waals surface area contributed by atoms with Crippen LogP contribution in [0.2, 0.25) is 0 Å². The fourth-order valence-electron chi connectivity index (χ4n) is 4.35. The Morgan fingerprint density at radius 2 is 2.00 bits per heavy atom. The molecular formula is C24H31FN4O5S. The minimum atomic E-state index is -4.00. The van der Waals surface area contributed by atoms with Gasteiger partial charge in [-0.05, 0) is 55.5 Å². The Kier molecular flexibility index (Phi) is 8.79. The van der Waals surface area contributed by atoms with E-state index in [2.05, 4.69) is 15.0 Å². The highest BCUT2D eigenvalue weighted by atomic mass is 32.2. The molecule has 1 fully saturated rings. The van der Waals surface area contributed by atoms with Crippen LogP contribution in [0, 0.1) is 5.82 Å². The molecule has 3 rings (SSSR count). The van der Waals surface area contributed by atoms with Gasteiger partial charge in [0.1, 0.15) is 11.4 Å². The summed E-state index contributed by atoms with van der Waals surface area (Å²) in [5.74, 6) is -1.18. The second-order valence-corrected chi connectivity index (χ2v) is 10.2. The van der Waals surface area contributed by atoms with Crippen molar-refractivity contribution in [3.63, 3.8) is 0 Å². The van der Waals surface area contributed by atoms with Crippen molar-refractivity contribution in [2.75, 3.05) is 26.7 Å². The molecule has 11 heteroatoms. The summed E-state index contributed by atoms with van der Waals surface area (Å²) in [5.41, 5.74) is 0.219. The molecule has 9 nitrogen and oxygen atoms in total. The SMILES string of the molecule is CCCC(=O)NS(=O)(=O)N1CCCC(CNC(=O)c2cccnc2OC)(c2cccc(F)c2)CC1. The third kappa shape index (κ3) is 6.55. The molecule has 1 aromatic carbocycles. The van der Waals surface area contributed by atoms with Crippen LogP contribution in [0.1, 0.15) is 54.9 Å². The smallest absolute Gasteiger partial charge is 0.303 e. The molecular weight excluding hydrogens is 475 g/mol. The molecule has 1 saturated heterocycles. The highest BCUT2D eigenvalue weighted by Crippen LogP contribution is 2.36. The van der Waals surface area contributed by atoms with E-state index in [1.54, 1.807) is 31.2 Å². The van der Waals surface area contributed by atoms with Crippen molar-refractivity contribution < 1.29 is 27.1 Å². The van der Waals surface area contributed by atoms with Crippen molar-refractivity contribution in [3.05, 3.63) is 59.5 Å². The number of nitrogens with zero attached hydrogens (tertiary/aromatic N) is 2. The number of ether oxygens (including phenoxy) is 1. The number of carbonyl (C=O) groups excluding carboxylic acids is 2. The Bertz CT molecular complexity index is 1160. The van der Waals surface area contributed by atoms with Crippen molar-refractivity contribution >= 4 is 22.0 Å².